The van der Waals surface area contributed by atoms with Gasteiger partial charge in [-0.25, -0.2) is 4.79 Å². The van der Waals surface area contributed by atoms with Gasteiger partial charge in [-0.1, -0.05) is 36.4 Å². The van der Waals surface area contributed by atoms with Crippen LogP contribution in [-0.4, -0.2) is 30.9 Å². The predicted octanol–water partition coefficient (Wildman–Crippen LogP) is 5.09. The van der Waals surface area contributed by atoms with Gasteiger partial charge in [0.2, 0.25) is 0 Å². The lowest BCUT2D eigenvalue weighted by atomic mass is 10.1. The lowest BCUT2D eigenvalue weighted by Crippen LogP contribution is -2.32. The van der Waals surface area contributed by atoms with Crippen molar-refractivity contribution in [3.8, 4) is 0 Å². The topological polar surface area (TPSA) is 75.7 Å². The van der Waals surface area contributed by atoms with Gasteiger partial charge in [-0.05, 0) is 62.7 Å². The Bertz CT molecular complexity index is 1130. The summed E-state index contributed by atoms with van der Waals surface area (Å²) in [4.78, 5) is 39.9. The summed E-state index contributed by atoms with van der Waals surface area (Å²) in [6, 6.07) is 20.9. The number of anilines is 2. The smallest absolute Gasteiger partial charge is 0.340 e. The summed E-state index contributed by atoms with van der Waals surface area (Å²) in [7, 11) is 0. The van der Waals surface area contributed by atoms with Gasteiger partial charge in [-0.15, -0.1) is 0 Å². The minimum absolute atomic E-state index is 0.246. The van der Waals surface area contributed by atoms with Gasteiger partial charge in [0.1, 0.15) is 0 Å². The molecule has 0 radical (unpaired) electrons. The van der Waals surface area contributed by atoms with Gasteiger partial charge in [0.25, 0.3) is 11.8 Å². The van der Waals surface area contributed by atoms with Gasteiger partial charge in [0, 0.05) is 23.4 Å². The summed E-state index contributed by atoms with van der Waals surface area (Å²) in [5.74, 6) is -1.01. The van der Waals surface area contributed by atoms with E-state index in [-0.39, 0.29) is 18.4 Å². The van der Waals surface area contributed by atoms with Crippen molar-refractivity contribution in [3.63, 3.8) is 0 Å². The van der Waals surface area contributed by atoms with Gasteiger partial charge in [0.15, 0.2) is 0 Å². The normalized spacial score (nSPS) is 10.3. The first-order valence-electron chi connectivity index (χ1n) is 10.5. The number of aryl methyl sites for hydroxylation is 1. The van der Waals surface area contributed by atoms with E-state index in [1.165, 1.54) is 4.90 Å². The highest BCUT2D eigenvalue weighted by atomic mass is 16.5. The van der Waals surface area contributed by atoms with E-state index in [1.807, 2.05) is 19.9 Å². The summed E-state index contributed by atoms with van der Waals surface area (Å²) in [5, 5.41) is 2.88. The van der Waals surface area contributed by atoms with E-state index in [0.29, 0.717) is 34.6 Å². The quantitative estimate of drug-likeness (QED) is 0.530. The molecule has 0 atom stereocenters. The number of para-hydroxylation sites is 1. The molecule has 0 aliphatic rings. The van der Waals surface area contributed by atoms with E-state index < -0.39 is 5.97 Å². The first-order chi connectivity index (χ1) is 15.5. The fourth-order valence-electron chi connectivity index (χ4n) is 3.34. The van der Waals surface area contributed by atoms with Crippen LogP contribution in [0.2, 0.25) is 0 Å². The molecule has 2 amide bonds. The van der Waals surface area contributed by atoms with Crippen LogP contribution in [0.4, 0.5) is 11.4 Å². The van der Waals surface area contributed by atoms with Crippen molar-refractivity contribution in [2.24, 2.45) is 0 Å². The molecule has 0 bridgehead atoms. The van der Waals surface area contributed by atoms with Crippen LogP contribution in [0, 0.1) is 6.92 Å². The number of nitrogens with zero attached hydrogens (tertiary/aromatic N) is 1. The second-order valence-corrected chi connectivity index (χ2v) is 7.14. The Morgan fingerprint density at radius 2 is 1.56 bits per heavy atom. The molecule has 0 saturated heterocycles. The molecule has 0 fully saturated rings. The molecule has 3 aromatic rings. The highest BCUT2D eigenvalue weighted by Crippen LogP contribution is 2.25. The van der Waals surface area contributed by atoms with Gasteiger partial charge < -0.3 is 15.0 Å². The van der Waals surface area contributed by atoms with Crippen LogP contribution in [-0.2, 0) is 4.74 Å². The largest absolute Gasteiger partial charge is 0.462 e. The average Bonchev–Trinajstić information content (AvgIpc) is 2.82. The van der Waals surface area contributed by atoms with Crippen LogP contribution in [0.5, 0.6) is 0 Å². The van der Waals surface area contributed by atoms with Gasteiger partial charge in [0.05, 0.1) is 17.9 Å². The molecule has 32 heavy (non-hydrogen) atoms. The molecule has 0 heterocycles. The number of benzene rings is 3. The molecular weight excluding hydrogens is 404 g/mol. The summed E-state index contributed by atoms with van der Waals surface area (Å²) < 4.78 is 5.14. The molecule has 3 rings (SSSR count). The molecule has 1 N–H and O–H groups in total. The molecule has 0 aliphatic heterocycles. The number of rotatable bonds is 7. The molecule has 0 saturated carbocycles. The van der Waals surface area contributed by atoms with Crippen molar-refractivity contribution >= 4 is 29.2 Å². The Kier molecular flexibility index (Phi) is 7.39. The molecule has 0 spiro atoms. The Morgan fingerprint density at radius 3 is 2.25 bits per heavy atom. The fourth-order valence-corrected chi connectivity index (χ4v) is 3.34. The van der Waals surface area contributed by atoms with Crippen LogP contribution >= 0.6 is 0 Å². The standard InChI is InChI=1S/C26H26N2O4/c1-4-28(23-14-10-9-13-21(23)26(31)32-5-2)25(30)20-16-15-18(3)22(17-20)27-24(29)19-11-7-6-8-12-19/h6-17H,4-5H2,1-3H3,(H,27,29). The summed E-state index contributed by atoms with van der Waals surface area (Å²) in [6.45, 7) is 6.04. The Hall–Kier alpha value is -3.93. The zero-order valence-electron chi connectivity index (χ0n) is 18.4. The lowest BCUT2D eigenvalue weighted by molar-refractivity contribution is 0.0527. The maximum Gasteiger partial charge on any atom is 0.340 e. The maximum absolute atomic E-state index is 13.4. The second-order valence-electron chi connectivity index (χ2n) is 7.14. The van der Waals surface area contributed by atoms with Crippen LogP contribution < -0.4 is 10.2 Å². The van der Waals surface area contributed by atoms with E-state index in [9.17, 15) is 14.4 Å². The number of hydrogen-bond donors (Lipinski definition) is 1. The van der Waals surface area contributed by atoms with Crippen LogP contribution in [0.25, 0.3) is 0 Å². The molecule has 3 aromatic carbocycles. The van der Waals surface area contributed by atoms with Crippen LogP contribution in [0.3, 0.4) is 0 Å². The van der Waals surface area contributed by atoms with Gasteiger partial charge in [-0.2, -0.15) is 0 Å². The third kappa shape index (κ3) is 5.03. The summed E-state index contributed by atoms with van der Waals surface area (Å²) in [5.41, 5.74) is 3.13. The molecule has 6 nitrogen and oxygen atoms in total. The molecule has 164 valence electrons. The van der Waals surface area contributed by atoms with E-state index in [1.54, 1.807) is 73.7 Å². The van der Waals surface area contributed by atoms with Crippen molar-refractivity contribution < 1.29 is 19.1 Å². The number of carbonyl (C=O) groups excluding carboxylic acids is 3. The number of carbonyl (C=O) groups is 3. The number of esters is 1. The van der Waals surface area contributed by atoms with Crippen LogP contribution in [0.1, 0.15) is 50.5 Å². The first-order valence-corrected chi connectivity index (χ1v) is 10.5. The van der Waals surface area contributed by atoms with Crippen molar-refractivity contribution in [1.29, 1.82) is 0 Å². The minimum Gasteiger partial charge on any atom is -0.462 e. The van der Waals surface area contributed by atoms with Gasteiger partial charge >= 0.3 is 5.97 Å². The van der Waals surface area contributed by atoms with E-state index >= 15 is 0 Å². The number of hydrogen-bond acceptors (Lipinski definition) is 4. The van der Waals surface area contributed by atoms with E-state index in [4.69, 9.17) is 4.74 Å². The third-order valence-electron chi connectivity index (χ3n) is 5.02. The highest BCUT2D eigenvalue weighted by molar-refractivity contribution is 6.11. The number of ether oxygens (including phenoxy) is 1. The molecule has 0 aliphatic carbocycles. The van der Waals surface area contributed by atoms with Gasteiger partial charge in [-0.3, -0.25) is 9.59 Å². The maximum atomic E-state index is 13.4. The molecule has 0 unspecified atom stereocenters. The predicted molar refractivity (Wildman–Crippen MR) is 125 cm³/mol. The summed E-state index contributed by atoms with van der Waals surface area (Å²) >= 11 is 0. The van der Waals surface area contributed by atoms with Crippen LogP contribution in [0.15, 0.2) is 72.8 Å². The minimum atomic E-state index is -0.478. The van der Waals surface area contributed by atoms with E-state index in [0.717, 1.165) is 5.56 Å². The van der Waals surface area contributed by atoms with Crippen molar-refractivity contribution in [3.05, 3.63) is 95.1 Å². The zero-order valence-corrected chi connectivity index (χ0v) is 18.4. The molecule has 6 heteroatoms. The summed E-state index contributed by atoms with van der Waals surface area (Å²) in [6.07, 6.45) is 0. The van der Waals surface area contributed by atoms with Crippen molar-refractivity contribution in [1.82, 2.24) is 0 Å². The lowest BCUT2D eigenvalue weighted by Gasteiger charge is -2.24. The van der Waals surface area contributed by atoms with Crippen molar-refractivity contribution in [2.45, 2.75) is 20.8 Å². The molecular formula is C26H26N2O4. The Labute approximate surface area is 187 Å². The molecule has 0 aromatic heterocycles. The number of amides is 2. The fraction of sp³-hybridized carbons (Fsp3) is 0.192. The van der Waals surface area contributed by atoms with E-state index in [2.05, 4.69) is 5.32 Å². The first kappa shape index (κ1) is 22.7. The Morgan fingerprint density at radius 1 is 0.875 bits per heavy atom. The van der Waals surface area contributed by atoms with Crippen molar-refractivity contribution in [2.75, 3.05) is 23.4 Å². The average molecular weight is 431 g/mol. The zero-order chi connectivity index (χ0) is 23.1. The second kappa shape index (κ2) is 10.4. The third-order valence-corrected chi connectivity index (χ3v) is 5.02. The Balaban J connectivity index is 1.91. The number of nitrogens with one attached hydrogen (secondary N) is 1. The monoisotopic (exact) mass is 430 g/mol. The SMILES string of the molecule is CCOC(=O)c1ccccc1N(CC)C(=O)c1ccc(C)c(NC(=O)c2ccccc2)c1. The highest BCUT2D eigenvalue weighted by Gasteiger charge is 2.23.